The molecule has 0 amide bonds. The Kier molecular flexibility index (Phi) is 3.95. The van der Waals surface area contributed by atoms with Crippen molar-refractivity contribution in [1.29, 1.82) is 0 Å². The minimum Gasteiger partial charge on any atom is -0.242 e. The molecule has 1 aliphatic carbocycles. The molecule has 3 heteroatoms. The Labute approximate surface area is 149 Å². The lowest BCUT2D eigenvalue weighted by atomic mass is 9.77. The van der Waals surface area contributed by atoms with E-state index in [2.05, 4.69) is 91.2 Å². The SMILES string of the molecule is CC(C)C1Cc2ccccc2-c2c(nnn2C(C)C)-c2ccccc21. The Morgan fingerprint density at radius 2 is 1.60 bits per heavy atom. The molecule has 0 saturated carbocycles. The third kappa shape index (κ3) is 2.58. The van der Waals surface area contributed by atoms with Crippen LogP contribution in [-0.4, -0.2) is 15.0 Å². The number of fused-ring (bicyclic) bond motifs is 5. The molecule has 1 atom stereocenters. The van der Waals surface area contributed by atoms with Gasteiger partial charge in [-0.3, -0.25) is 0 Å². The van der Waals surface area contributed by atoms with Crippen molar-refractivity contribution in [2.75, 3.05) is 0 Å². The lowest BCUT2D eigenvalue weighted by molar-refractivity contribution is 0.495. The van der Waals surface area contributed by atoms with Gasteiger partial charge in [0.25, 0.3) is 0 Å². The minimum atomic E-state index is 0.275. The monoisotopic (exact) mass is 331 g/mol. The first kappa shape index (κ1) is 16.1. The number of benzene rings is 2. The summed E-state index contributed by atoms with van der Waals surface area (Å²) in [6.07, 6.45) is 1.05. The Morgan fingerprint density at radius 3 is 2.32 bits per heavy atom. The third-order valence-corrected chi connectivity index (χ3v) is 5.32. The molecule has 0 fully saturated rings. The Morgan fingerprint density at radius 1 is 0.920 bits per heavy atom. The van der Waals surface area contributed by atoms with E-state index < -0.39 is 0 Å². The largest absolute Gasteiger partial charge is 0.242 e. The van der Waals surface area contributed by atoms with Crippen LogP contribution in [0.2, 0.25) is 0 Å². The molecule has 0 N–H and O–H groups in total. The average molecular weight is 331 g/mol. The molecule has 3 aromatic rings. The molecular weight excluding hydrogens is 306 g/mol. The summed E-state index contributed by atoms with van der Waals surface area (Å²) in [6.45, 7) is 8.97. The minimum absolute atomic E-state index is 0.275. The van der Waals surface area contributed by atoms with Gasteiger partial charge in [0.05, 0.1) is 5.69 Å². The highest BCUT2D eigenvalue weighted by molar-refractivity contribution is 5.82. The topological polar surface area (TPSA) is 30.7 Å². The first-order valence-corrected chi connectivity index (χ1v) is 9.20. The zero-order valence-electron chi connectivity index (χ0n) is 15.4. The fraction of sp³-hybridized carbons (Fsp3) is 0.364. The first-order chi connectivity index (χ1) is 12.1. The molecule has 4 rings (SSSR count). The van der Waals surface area contributed by atoms with E-state index in [9.17, 15) is 0 Å². The fourth-order valence-electron chi connectivity index (χ4n) is 3.99. The molecule has 1 unspecified atom stereocenters. The van der Waals surface area contributed by atoms with E-state index in [1.165, 1.54) is 22.3 Å². The predicted molar refractivity (Wildman–Crippen MR) is 103 cm³/mol. The van der Waals surface area contributed by atoms with E-state index in [1.807, 2.05) is 0 Å². The first-order valence-electron chi connectivity index (χ1n) is 9.20. The van der Waals surface area contributed by atoms with Gasteiger partial charge in [-0.05, 0) is 43.2 Å². The van der Waals surface area contributed by atoms with Crippen molar-refractivity contribution >= 4 is 0 Å². The van der Waals surface area contributed by atoms with Crippen molar-refractivity contribution in [3.8, 4) is 22.5 Å². The van der Waals surface area contributed by atoms with Crippen LogP contribution in [0.15, 0.2) is 48.5 Å². The molecule has 0 radical (unpaired) electrons. The zero-order valence-corrected chi connectivity index (χ0v) is 15.4. The normalized spacial score (nSPS) is 16.2. The lowest BCUT2D eigenvalue weighted by Gasteiger charge is -2.27. The molecule has 0 spiro atoms. The summed E-state index contributed by atoms with van der Waals surface area (Å²) in [6, 6.07) is 17.8. The molecule has 1 aliphatic rings. The predicted octanol–water partition coefficient (Wildman–Crippen LogP) is 5.49. The summed E-state index contributed by atoms with van der Waals surface area (Å²) in [5, 5.41) is 9.14. The summed E-state index contributed by atoms with van der Waals surface area (Å²) in [5.74, 6) is 1.05. The van der Waals surface area contributed by atoms with Crippen LogP contribution >= 0.6 is 0 Å². The highest BCUT2D eigenvalue weighted by Gasteiger charge is 2.29. The van der Waals surface area contributed by atoms with Gasteiger partial charge in [-0.15, -0.1) is 5.10 Å². The van der Waals surface area contributed by atoms with Crippen molar-refractivity contribution in [3.63, 3.8) is 0 Å². The maximum Gasteiger partial charge on any atom is 0.121 e. The third-order valence-electron chi connectivity index (χ3n) is 5.32. The Hall–Kier alpha value is -2.42. The van der Waals surface area contributed by atoms with Crippen LogP contribution < -0.4 is 0 Å². The second kappa shape index (κ2) is 6.14. The van der Waals surface area contributed by atoms with E-state index in [0.717, 1.165) is 17.8 Å². The fourth-order valence-corrected chi connectivity index (χ4v) is 3.99. The molecule has 25 heavy (non-hydrogen) atoms. The smallest absolute Gasteiger partial charge is 0.121 e. The summed E-state index contributed by atoms with van der Waals surface area (Å²) in [5.41, 5.74) is 7.46. The van der Waals surface area contributed by atoms with Crippen molar-refractivity contribution in [1.82, 2.24) is 15.0 Å². The highest BCUT2D eigenvalue weighted by Crippen LogP contribution is 2.43. The van der Waals surface area contributed by atoms with Crippen LogP contribution in [0.3, 0.4) is 0 Å². The van der Waals surface area contributed by atoms with Gasteiger partial charge in [-0.25, -0.2) is 4.68 Å². The number of hydrogen-bond acceptors (Lipinski definition) is 2. The van der Waals surface area contributed by atoms with Gasteiger partial charge >= 0.3 is 0 Å². The molecule has 2 aromatic carbocycles. The van der Waals surface area contributed by atoms with Crippen molar-refractivity contribution in [2.45, 2.75) is 46.1 Å². The van der Waals surface area contributed by atoms with Gasteiger partial charge in [0, 0.05) is 17.2 Å². The molecular formula is C22H25N3. The van der Waals surface area contributed by atoms with Crippen LogP contribution in [0.1, 0.15) is 50.8 Å². The molecule has 0 saturated heterocycles. The van der Waals surface area contributed by atoms with E-state index in [4.69, 9.17) is 0 Å². The van der Waals surface area contributed by atoms with Crippen molar-refractivity contribution < 1.29 is 0 Å². The van der Waals surface area contributed by atoms with Gasteiger partial charge < -0.3 is 0 Å². The van der Waals surface area contributed by atoms with Crippen molar-refractivity contribution in [2.24, 2.45) is 5.92 Å². The van der Waals surface area contributed by atoms with E-state index in [-0.39, 0.29) is 6.04 Å². The maximum absolute atomic E-state index is 4.63. The quantitative estimate of drug-likeness (QED) is 0.622. The van der Waals surface area contributed by atoms with Crippen molar-refractivity contribution in [3.05, 3.63) is 59.7 Å². The standard InChI is InChI=1S/C22H25N3/c1-14(2)20-13-16-9-5-6-10-17(16)22-21(23-24-25(22)15(3)4)19-12-8-7-11-18(19)20/h5-12,14-15,20H,13H2,1-4H3. The summed E-state index contributed by atoms with van der Waals surface area (Å²) >= 11 is 0. The molecule has 0 bridgehead atoms. The second-order valence-corrected chi connectivity index (χ2v) is 7.62. The number of hydrogen-bond donors (Lipinski definition) is 0. The number of rotatable bonds is 2. The van der Waals surface area contributed by atoms with Crippen LogP contribution in [0.25, 0.3) is 22.5 Å². The summed E-state index contributed by atoms with van der Waals surface area (Å²) in [4.78, 5) is 0. The van der Waals surface area contributed by atoms with Crippen LogP contribution in [0.5, 0.6) is 0 Å². The van der Waals surface area contributed by atoms with Crippen LogP contribution in [-0.2, 0) is 6.42 Å². The molecule has 1 heterocycles. The maximum atomic E-state index is 4.63. The summed E-state index contributed by atoms with van der Waals surface area (Å²) < 4.78 is 2.07. The van der Waals surface area contributed by atoms with Gasteiger partial charge in [-0.2, -0.15) is 0 Å². The zero-order chi connectivity index (χ0) is 17.6. The van der Waals surface area contributed by atoms with E-state index in [0.29, 0.717) is 11.8 Å². The van der Waals surface area contributed by atoms with Gasteiger partial charge in [0.2, 0.25) is 0 Å². The number of nitrogens with zero attached hydrogens (tertiary/aromatic N) is 3. The number of aromatic nitrogens is 3. The van der Waals surface area contributed by atoms with Gasteiger partial charge in [-0.1, -0.05) is 67.6 Å². The Balaban J connectivity index is 2.08. The second-order valence-electron chi connectivity index (χ2n) is 7.62. The van der Waals surface area contributed by atoms with Crippen LogP contribution in [0, 0.1) is 5.92 Å². The summed E-state index contributed by atoms with van der Waals surface area (Å²) in [7, 11) is 0. The Bertz CT molecular complexity index is 905. The van der Waals surface area contributed by atoms with E-state index in [1.54, 1.807) is 0 Å². The lowest BCUT2D eigenvalue weighted by Crippen LogP contribution is -2.15. The molecule has 1 aromatic heterocycles. The van der Waals surface area contributed by atoms with E-state index >= 15 is 0 Å². The molecule has 128 valence electrons. The van der Waals surface area contributed by atoms with Gasteiger partial charge in [0.1, 0.15) is 5.69 Å². The molecule has 3 nitrogen and oxygen atoms in total. The van der Waals surface area contributed by atoms with Gasteiger partial charge in [0.15, 0.2) is 0 Å². The highest BCUT2D eigenvalue weighted by atomic mass is 15.4. The average Bonchev–Trinajstić information content (AvgIpc) is 3.03. The van der Waals surface area contributed by atoms with Crippen LogP contribution in [0.4, 0.5) is 0 Å². The molecule has 0 aliphatic heterocycles.